The Labute approximate surface area is 122 Å². The third-order valence-corrected chi connectivity index (χ3v) is 5.34. The second kappa shape index (κ2) is 9.61. The van der Waals surface area contributed by atoms with Crippen molar-refractivity contribution in [1.29, 1.82) is 0 Å². The Morgan fingerprint density at radius 1 is 1.06 bits per heavy atom. The quantitative estimate of drug-likeness (QED) is 0.207. The molecule has 110 valence electrons. The summed E-state index contributed by atoms with van der Waals surface area (Å²) in [4.78, 5) is 0. The molecule has 3 nitrogen and oxygen atoms in total. The van der Waals surface area contributed by atoms with Crippen LogP contribution in [0.4, 0.5) is 8.78 Å². The van der Waals surface area contributed by atoms with E-state index in [4.69, 9.17) is 9.05 Å². The summed E-state index contributed by atoms with van der Waals surface area (Å²) in [5.41, 5.74) is -3.39. The third-order valence-electron chi connectivity index (χ3n) is 2.36. The predicted molar refractivity (Wildman–Crippen MR) is 77.8 cm³/mol. The van der Waals surface area contributed by atoms with Crippen molar-refractivity contribution in [3.05, 3.63) is 0 Å². The number of rotatable bonds is 11. The summed E-state index contributed by atoms with van der Waals surface area (Å²) in [7, 11) is -4.31. The molecule has 0 aromatic rings. The zero-order valence-corrected chi connectivity index (χ0v) is 14.0. The van der Waals surface area contributed by atoms with Crippen LogP contribution < -0.4 is 0 Å². The van der Waals surface area contributed by atoms with E-state index in [-0.39, 0.29) is 13.2 Å². The molecule has 0 fully saturated rings. The highest BCUT2D eigenvalue weighted by molar-refractivity contribution is 14.1. The molecule has 0 aromatic carbocycles. The molecule has 0 bridgehead atoms. The molecule has 0 atom stereocenters. The maximum atomic E-state index is 13.8. The fourth-order valence-corrected chi connectivity index (χ4v) is 3.59. The molecule has 0 aromatic heterocycles. The molecule has 0 N–H and O–H groups in total. The lowest BCUT2D eigenvalue weighted by molar-refractivity contribution is 0.0295. The van der Waals surface area contributed by atoms with Crippen molar-refractivity contribution in [1.82, 2.24) is 0 Å². The van der Waals surface area contributed by atoms with Crippen LogP contribution in [0.25, 0.3) is 0 Å². The van der Waals surface area contributed by atoms with Gasteiger partial charge in [-0.3, -0.25) is 4.57 Å². The van der Waals surface area contributed by atoms with Crippen LogP contribution in [-0.4, -0.2) is 23.3 Å². The van der Waals surface area contributed by atoms with Gasteiger partial charge in [0.2, 0.25) is 0 Å². The Balaban J connectivity index is 4.32. The van der Waals surface area contributed by atoms with Gasteiger partial charge in [-0.25, -0.2) is 0 Å². The highest BCUT2D eigenvalue weighted by Crippen LogP contribution is 2.63. The molecule has 0 rings (SSSR count). The highest BCUT2D eigenvalue weighted by Gasteiger charge is 2.52. The van der Waals surface area contributed by atoms with E-state index in [2.05, 4.69) is 22.6 Å². The van der Waals surface area contributed by atoms with Gasteiger partial charge in [-0.2, -0.15) is 8.78 Å². The lowest BCUT2D eigenvalue weighted by atomic mass is 10.2. The van der Waals surface area contributed by atoms with Crippen molar-refractivity contribution < 1.29 is 22.4 Å². The molecule has 7 heteroatoms. The van der Waals surface area contributed by atoms with Crippen LogP contribution in [-0.2, 0) is 13.6 Å². The van der Waals surface area contributed by atoms with E-state index in [1.807, 2.05) is 0 Å². The number of hydrogen-bond donors (Lipinski definition) is 0. The lowest BCUT2D eigenvalue weighted by Crippen LogP contribution is -2.20. The van der Waals surface area contributed by atoms with Crippen LogP contribution in [0, 0.1) is 0 Å². The van der Waals surface area contributed by atoms with Gasteiger partial charge in [0.05, 0.1) is 13.2 Å². The highest BCUT2D eigenvalue weighted by atomic mass is 127. The Morgan fingerprint density at radius 2 is 1.56 bits per heavy atom. The molecule has 0 aliphatic carbocycles. The summed E-state index contributed by atoms with van der Waals surface area (Å²) < 4.78 is 50.1. The normalized spacial score (nSPS) is 12.9. The first-order valence-electron chi connectivity index (χ1n) is 6.26. The molecule has 0 amide bonds. The van der Waals surface area contributed by atoms with Gasteiger partial charge in [0.25, 0.3) is 0 Å². The lowest BCUT2D eigenvalue weighted by Gasteiger charge is -2.25. The average molecular weight is 398 g/mol. The second-order valence-corrected chi connectivity index (χ2v) is 7.10. The Kier molecular flexibility index (Phi) is 10.0. The van der Waals surface area contributed by atoms with Gasteiger partial charge in [0.1, 0.15) is 0 Å². The van der Waals surface area contributed by atoms with Crippen molar-refractivity contribution in [2.75, 3.05) is 17.6 Å². The topological polar surface area (TPSA) is 35.5 Å². The van der Waals surface area contributed by atoms with E-state index in [1.165, 1.54) is 13.8 Å². The molecular formula is C11H22F2IO3P. The van der Waals surface area contributed by atoms with E-state index >= 15 is 0 Å². The first-order valence-corrected chi connectivity index (χ1v) is 9.33. The van der Waals surface area contributed by atoms with Crippen LogP contribution in [0.3, 0.4) is 0 Å². The van der Waals surface area contributed by atoms with Gasteiger partial charge < -0.3 is 9.05 Å². The standard InChI is InChI=1S/C11H22F2IO3P/c1-3-16-18(15,17-4-2)11(12,13)9-7-5-6-8-10-14/h3-10H2,1-2H3. The molecule has 0 aliphatic rings. The van der Waals surface area contributed by atoms with Crippen molar-refractivity contribution in [3.8, 4) is 0 Å². The van der Waals surface area contributed by atoms with Gasteiger partial charge in [0, 0.05) is 6.42 Å². The Bertz CT molecular complexity index is 255. The smallest absolute Gasteiger partial charge is 0.305 e. The molecule has 0 aliphatic heterocycles. The van der Waals surface area contributed by atoms with Gasteiger partial charge in [-0.15, -0.1) is 0 Å². The number of hydrogen-bond acceptors (Lipinski definition) is 3. The maximum Gasteiger partial charge on any atom is 0.399 e. The molecular weight excluding hydrogens is 376 g/mol. The molecule has 0 saturated carbocycles. The molecule has 0 heterocycles. The number of alkyl halides is 3. The van der Waals surface area contributed by atoms with Crippen LogP contribution in [0.5, 0.6) is 0 Å². The zero-order chi connectivity index (χ0) is 14.1. The van der Waals surface area contributed by atoms with Crippen LogP contribution in [0.2, 0.25) is 0 Å². The molecule has 18 heavy (non-hydrogen) atoms. The molecule has 0 radical (unpaired) electrons. The van der Waals surface area contributed by atoms with E-state index in [0.29, 0.717) is 6.42 Å². The van der Waals surface area contributed by atoms with Crippen molar-refractivity contribution in [2.45, 2.75) is 51.6 Å². The summed E-state index contributed by atoms with van der Waals surface area (Å²) in [6, 6.07) is 0. The van der Waals surface area contributed by atoms with E-state index in [1.54, 1.807) is 0 Å². The largest absolute Gasteiger partial charge is 0.399 e. The fourth-order valence-electron chi connectivity index (χ4n) is 1.49. The molecule has 0 unspecified atom stereocenters. The Morgan fingerprint density at radius 3 is 2.00 bits per heavy atom. The van der Waals surface area contributed by atoms with E-state index in [0.717, 1.165) is 23.7 Å². The number of halogens is 3. The fraction of sp³-hybridized carbons (Fsp3) is 1.00. The first kappa shape index (κ1) is 18.7. The number of unbranched alkanes of at least 4 members (excludes halogenated alkanes) is 3. The zero-order valence-electron chi connectivity index (χ0n) is 11.0. The minimum absolute atomic E-state index is 0.0400. The van der Waals surface area contributed by atoms with Crippen LogP contribution >= 0.6 is 30.2 Å². The minimum Gasteiger partial charge on any atom is -0.305 e. The van der Waals surface area contributed by atoms with Gasteiger partial charge in [0.15, 0.2) is 0 Å². The summed E-state index contributed by atoms with van der Waals surface area (Å²) in [5.74, 6) is 0. The van der Waals surface area contributed by atoms with Crippen molar-refractivity contribution >= 4 is 30.2 Å². The van der Waals surface area contributed by atoms with E-state index in [9.17, 15) is 13.3 Å². The maximum absolute atomic E-state index is 13.8. The van der Waals surface area contributed by atoms with Crippen LogP contribution in [0.1, 0.15) is 46.0 Å². The first-order chi connectivity index (χ1) is 8.43. The monoisotopic (exact) mass is 398 g/mol. The van der Waals surface area contributed by atoms with Gasteiger partial charge >= 0.3 is 13.3 Å². The van der Waals surface area contributed by atoms with Crippen molar-refractivity contribution in [2.24, 2.45) is 0 Å². The molecule has 0 spiro atoms. The van der Waals surface area contributed by atoms with E-state index < -0.39 is 19.7 Å². The summed E-state index contributed by atoms with van der Waals surface area (Å²) in [6.45, 7) is 2.98. The second-order valence-electron chi connectivity index (χ2n) is 3.85. The molecule has 0 saturated heterocycles. The summed E-state index contributed by atoms with van der Waals surface area (Å²) in [5, 5.41) is 0. The summed E-state index contributed by atoms with van der Waals surface area (Å²) in [6.07, 6.45) is 2.57. The van der Waals surface area contributed by atoms with Gasteiger partial charge in [-0.1, -0.05) is 35.4 Å². The minimum atomic E-state index is -4.31. The van der Waals surface area contributed by atoms with Crippen LogP contribution in [0.15, 0.2) is 0 Å². The Hall–Kier alpha value is 0.740. The average Bonchev–Trinajstić information content (AvgIpc) is 2.29. The SMILES string of the molecule is CCOP(=O)(OCC)C(F)(F)CCCCCCI. The third kappa shape index (κ3) is 6.26. The predicted octanol–water partition coefficient (Wildman–Crippen LogP) is 5.23. The van der Waals surface area contributed by atoms with Crippen molar-refractivity contribution in [3.63, 3.8) is 0 Å². The van der Waals surface area contributed by atoms with Gasteiger partial charge in [-0.05, 0) is 31.1 Å². The summed E-state index contributed by atoms with van der Waals surface area (Å²) >= 11 is 2.26.